The molecule has 3 N–H and O–H groups in total. The lowest BCUT2D eigenvalue weighted by Gasteiger charge is -2.08. The molecule has 1 atom stereocenters. The summed E-state index contributed by atoms with van der Waals surface area (Å²) in [4.78, 5) is 12.1. The molecule has 2 aromatic heterocycles. The van der Waals surface area contributed by atoms with E-state index in [1.165, 1.54) is 5.56 Å². The smallest absolute Gasteiger partial charge is 0.223 e. The molecule has 4 rings (SSSR count). The maximum absolute atomic E-state index is 6.30. The van der Waals surface area contributed by atoms with E-state index in [0.29, 0.717) is 11.7 Å². The van der Waals surface area contributed by atoms with Crippen LogP contribution < -0.4 is 5.73 Å². The van der Waals surface area contributed by atoms with Crippen LogP contribution in [0, 0.1) is 6.92 Å². The molecule has 146 valence electrons. The number of rotatable bonds is 5. The van der Waals surface area contributed by atoms with Crippen molar-refractivity contribution in [3.05, 3.63) is 78.1 Å². The number of hydrogen-bond acceptors (Lipinski definition) is 5. The zero-order valence-electron chi connectivity index (χ0n) is 15.2. The van der Waals surface area contributed by atoms with Crippen LogP contribution in [0.1, 0.15) is 23.3 Å². The molecule has 0 bridgehead atoms. The van der Waals surface area contributed by atoms with Crippen LogP contribution in [-0.2, 0) is 6.42 Å². The Morgan fingerprint density at radius 1 is 0.964 bits per heavy atom. The number of nitrogens with zero attached hydrogens (tertiary/aromatic N) is 3. The molecule has 0 aliphatic rings. The van der Waals surface area contributed by atoms with Crippen molar-refractivity contribution in [3.8, 4) is 22.6 Å². The highest BCUT2D eigenvalue weighted by Gasteiger charge is 2.13. The van der Waals surface area contributed by atoms with Gasteiger partial charge in [0.25, 0.3) is 0 Å². The Hall–Kier alpha value is -2.67. The number of nitrogens with two attached hydrogens (primary N) is 1. The molecule has 0 saturated carbocycles. The Morgan fingerprint density at radius 2 is 1.64 bits per heavy atom. The van der Waals surface area contributed by atoms with Crippen LogP contribution in [0.15, 0.2) is 65.3 Å². The van der Waals surface area contributed by atoms with Gasteiger partial charge in [-0.3, -0.25) is 0 Å². The van der Waals surface area contributed by atoms with Crippen molar-refractivity contribution in [1.29, 1.82) is 0 Å². The van der Waals surface area contributed by atoms with Gasteiger partial charge in [0.1, 0.15) is 5.82 Å². The molecule has 0 saturated heterocycles. The summed E-state index contributed by atoms with van der Waals surface area (Å²) >= 11 is 0. The topological polar surface area (TPSA) is 93.6 Å². The average molecular weight is 418 g/mol. The van der Waals surface area contributed by atoms with E-state index in [9.17, 15) is 0 Å². The van der Waals surface area contributed by atoms with Crippen LogP contribution in [-0.4, -0.2) is 20.1 Å². The molecule has 0 unspecified atom stereocenters. The van der Waals surface area contributed by atoms with Gasteiger partial charge in [-0.1, -0.05) is 59.8 Å². The summed E-state index contributed by atoms with van der Waals surface area (Å²) in [6.07, 6.45) is 2.62. The van der Waals surface area contributed by atoms with E-state index in [2.05, 4.69) is 32.2 Å². The molecule has 0 aliphatic heterocycles. The third-order valence-electron chi connectivity index (χ3n) is 4.21. The van der Waals surface area contributed by atoms with Crippen molar-refractivity contribution < 1.29 is 4.52 Å². The molecule has 2 aromatic carbocycles. The molecule has 28 heavy (non-hydrogen) atoms. The molecule has 0 radical (unpaired) electrons. The van der Waals surface area contributed by atoms with Crippen LogP contribution in [0.3, 0.4) is 0 Å². The lowest BCUT2D eigenvalue weighted by atomic mass is 10.1. The minimum Gasteiger partial charge on any atom is -0.347 e. The Labute approximate surface area is 175 Å². The van der Waals surface area contributed by atoms with Crippen LogP contribution >= 0.6 is 24.8 Å². The van der Waals surface area contributed by atoms with Crippen molar-refractivity contribution in [2.45, 2.75) is 19.4 Å². The fourth-order valence-corrected chi connectivity index (χ4v) is 2.85. The number of nitrogens with one attached hydrogen (secondary N) is 1. The number of benzene rings is 2. The van der Waals surface area contributed by atoms with E-state index in [4.69, 9.17) is 10.3 Å². The van der Waals surface area contributed by atoms with Gasteiger partial charge in [-0.05, 0) is 12.0 Å². The van der Waals surface area contributed by atoms with Crippen LogP contribution in [0.5, 0.6) is 0 Å². The Bertz CT molecular complexity index is 999. The molecule has 0 aliphatic carbocycles. The van der Waals surface area contributed by atoms with Gasteiger partial charge in [0, 0.05) is 24.2 Å². The van der Waals surface area contributed by atoms with E-state index in [-0.39, 0.29) is 30.9 Å². The maximum Gasteiger partial charge on any atom is 0.223 e. The molecular weight excluding hydrogens is 397 g/mol. The first kappa shape index (κ1) is 21.6. The quantitative estimate of drug-likeness (QED) is 0.497. The summed E-state index contributed by atoms with van der Waals surface area (Å²) in [5.41, 5.74) is 10.3. The number of H-pyrrole nitrogens is 1. The van der Waals surface area contributed by atoms with Gasteiger partial charge in [-0.2, -0.15) is 4.98 Å². The predicted octanol–water partition coefficient (Wildman–Crippen LogP) is 4.52. The third kappa shape index (κ3) is 4.78. The molecule has 8 heteroatoms. The molecule has 0 fully saturated rings. The largest absolute Gasteiger partial charge is 0.347 e. The van der Waals surface area contributed by atoms with Gasteiger partial charge in [0.05, 0.1) is 11.7 Å². The van der Waals surface area contributed by atoms with Gasteiger partial charge in [-0.15, -0.1) is 24.8 Å². The first-order valence-corrected chi connectivity index (χ1v) is 8.45. The lowest BCUT2D eigenvalue weighted by molar-refractivity contribution is 0.394. The molecule has 0 amide bonds. The summed E-state index contributed by atoms with van der Waals surface area (Å²) < 4.78 is 5.02. The first-order chi connectivity index (χ1) is 12.7. The average Bonchev–Trinajstić information content (AvgIpc) is 3.32. The maximum atomic E-state index is 6.30. The summed E-state index contributed by atoms with van der Waals surface area (Å²) in [6, 6.07) is 17.9. The second-order valence-electron chi connectivity index (χ2n) is 6.18. The van der Waals surface area contributed by atoms with Gasteiger partial charge < -0.3 is 15.2 Å². The molecule has 2 heterocycles. The van der Waals surface area contributed by atoms with Crippen molar-refractivity contribution in [1.82, 2.24) is 20.1 Å². The van der Waals surface area contributed by atoms with Crippen molar-refractivity contribution in [2.75, 3.05) is 0 Å². The monoisotopic (exact) mass is 417 g/mol. The fraction of sp³-hybridized carbons (Fsp3) is 0.150. The van der Waals surface area contributed by atoms with E-state index < -0.39 is 0 Å². The van der Waals surface area contributed by atoms with E-state index in [1.807, 2.05) is 48.7 Å². The Balaban J connectivity index is 0.00000140. The molecule has 6 nitrogen and oxygen atoms in total. The number of aryl methyl sites for hydroxylation is 1. The highest BCUT2D eigenvalue weighted by molar-refractivity contribution is 5.85. The Morgan fingerprint density at radius 3 is 2.29 bits per heavy atom. The van der Waals surface area contributed by atoms with Crippen molar-refractivity contribution >= 4 is 24.8 Å². The number of aromatic amines is 1. The highest BCUT2D eigenvalue weighted by Crippen LogP contribution is 2.23. The van der Waals surface area contributed by atoms with Gasteiger partial charge in [0.2, 0.25) is 11.7 Å². The second-order valence-corrected chi connectivity index (χ2v) is 6.18. The van der Waals surface area contributed by atoms with E-state index in [1.54, 1.807) is 6.92 Å². The van der Waals surface area contributed by atoms with Crippen LogP contribution in [0.25, 0.3) is 22.6 Å². The number of imidazole rings is 1. The molecular formula is C20H21Cl2N5O. The van der Waals surface area contributed by atoms with Gasteiger partial charge >= 0.3 is 0 Å². The summed E-state index contributed by atoms with van der Waals surface area (Å²) in [5, 5.41) is 3.93. The number of hydrogen-bond donors (Lipinski definition) is 2. The SMILES string of the molecule is Cc1nc(-c2ccc(-c3c[nH]c([C@@H](N)Cc4ccccc4)n3)cc2)no1.Cl.Cl. The third-order valence-corrected chi connectivity index (χ3v) is 4.21. The molecule has 4 aromatic rings. The zero-order valence-corrected chi connectivity index (χ0v) is 16.8. The summed E-state index contributed by atoms with van der Waals surface area (Å²) in [7, 11) is 0. The standard InChI is InChI=1S/C20H19N5O.2ClH/c1-13-23-19(25-26-13)16-9-7-15(8-10-16)18-12-22-20(24-18)17(21)11-14-5-3-2-4-6-14;;/h2-10,12,17H,11,21H2,1H3,(H,22,24);2*1H/t17-;;/m0../s1. The van der Waals surface area contributed by atoms with Crippen LogP contribution in [0.4, 0.5) is 0 Å². The minimum absolute atomic E-state index is 0. The lowest BCUT2D eigenvalue weighted by Crippen LogP contribution is -2.14. The highest BCUT2D eigenvalue weighted by atomic mass is 35.5. The Kier molecular flexibility index (Phi) is 7.34. The summed E-state index contributed by atoms with van der Waals surface area (Å²) in [5.74, 6) is 1.91. The van der Waals surface area contributed by atoms with Gasteiger partial charge in [-0.25, -0.2) is 4.98 Å². The van der Waals surface area contributed by atoms with Crippen molar-refractivity contribution in [2.24, 2.45) is 5.73 Å². The number of halogens is 2. The van der Waals surface area contributed by atoms with E-state index in [0.717, 1.165) is 29.1 Å². The minimum atomic E-state index is -0.173. The van der Waals surface area contributed by atoms with E-state index >= 15 is 0 Å². The van der Waals surface area contributed by atoms with Crippen LogP contribution in [0.2, 0.25) is 0 Å². The first-order valence-electron chi connectivity index (χ1n) is 8.45. The normalized spacial score (nSPS) is 11.4. The zero-order chi connectivity index (χ0) is 17.9. The fourth-order valence-electron chi connectivity index (χ4n) is 2.85. The number of aromatic nitrogens is 4. The summed E-state index contributed by atoms with van der Waals surface area (Å²) in [6.45, 7) is 1.77. The van der Waals surface area contributed by atoms with Gasteiger partial charge in [0.15, 0.2) is 0 Å². The van der Waals surface area contributed by atoms with Crippen molar-refractivity contribution in [3.63, 3.8) is 0 Å². The predicted molar refractivity (Wildman–Crippen MR) is 114 cm³/mol. The second kappa shape index (κ2) is 9.50. The molecule has 0 spiro atoms.